The van der Waals surface area contributed by atoms with Crippen LogP contribution < -0.4 is 0 Å². The lowest BCUT2D eigenvalue weighted by molar-refractivity contribution is -0.273. The van der Waals surface area contributed by atoms with Crippen LogP contribution in [0, 0.1) is 0 Å². The summed E-state index contributed by atoms with van der Waals surface area (Å²) in [5.41, 5.74) is -1.11. The summed E-state index contributed by atoms with van der Waals surface area (Å²) in [5, 5.41) is 9.20. The summed E-state index contributed by atoms with van der Waals surface area (Å²) in [6, 6.07) is 3.97. The van der Waals surface area contributed by atoms with Crippen molar-refractivity contribution in [1.29, 1.82) is 0 Å². The summed E-state index contributed by atoms with van der Waals surface area (Å²) < 4.78 is 48.1. The molecule has 7 heteroatoms. The first-order valence-corrected chi connectivity index (χ1v) is 5.55. The Balaban J connectivity index is 2.46. The van der Waals surface area contributed by atoms with Crippen LogP contribution in [0.15, 0.2) is 24.3 Å². The van der Waals surface area contributed by atoms with E-state index in [0.717, 1.165) is 18.2 Å². The van der Waals surface area contributed by atoms with E-state index in [1.54, 1.807) is 0 Å². The Morgan fingerprint density at radius 2 is 1.89 bits per heavy atom. The molecule has 0 saturated carbocycles. The molecule has 0 spiro atoms. The maximum absolute atomic E-state index is 12.6. The average molecular weight is 276 g/mol. The molecule has 1 aliphatic heterocycles. The molecule has 1 aliphatic rings. The van der Waals surface area contributed by atoms with Crippen molar-refractivity contribution in [3.05, 3.63) is 35.4 Å². The Bertz CT molecular complexity index is 478. The molecule has 0 bridgehead atoms. The Morgan fingerprint density at radius 1 is 1.26 bits per heavy atom. The van der Waals surface area contributed by atoms with Gasteiger partial charge in [-0.15, -0.1) is 0 Å². The Kier molecular flexibility index (Phi) is 3.51. The van der Waals surface area contributed by atoms with Crippen molar-refractivity contribution < 1.29 is 32.5 Å². The van der Waals surface area contributed by atoms with Crippen LogP contribution in [0.4, 0.5) is 13.2 Å². The van der Waals surface area contributed by atoms with Crippen LogP contribution in [-0.2, 0) is 26.2 Å². The third kappa shape index (κ3) is 2.57. The molecule has 0 unspecified atom stereocenters. The second-order valence-electron chi connectivity index (χ2n) is 4.05. The molecule has 0 aromatic heterocycles. The van der Waals surface area contributed by atoms with Gasteiger partial charge >= 0.3 is 12.1 Å². The van der Waals surface area contributed by atoms with Crippen molar-refractivity contribution in [3.8, 4) is 0 Å². The quantitative estimate of drug-likeness (QED) is 0.901. The van der Waals surface area contributed by atoms with Crippen molar-refractivity contribution in [2.75, 3.05) is 13.2 Å². The summed E-state index contributed by atoms with van der Waals surface area (Å²) in [4.78, 5) is 11.3. The third-order valence-electron chi connectivity index (χ3n) is 2.75. The van der Waals surface area contributed by atoms with E-state index >= 15 is 0 Å². The fourth-order valence-electron chi connectivity index (χ4n) is 1.85. The van der Waals surface area contributed by atoms with Gasteiger partial charge in [0.05, 0.1) is 18.8 Å². The van der Waals surface area contributed by atoms with Crippen LogP contribution in [0.5, 0.6) is 0 Å². The molecule has 0 atom stereocenters. The summed E-state index contributed by atoms with van der Waals surface area (Å²) in [6.45, 7) is 0.227. The molecule has 104 valence electrons. The summed E-state index contributed by atoms with van der Waals surface area (Å²) in [6.07, 6.45) is -4.06. The summed E-state index contributed by atoms with van der Waals surface area (Å²) in [7, 11) is 0. The first-order chi connectivity index (χ1) is 8.86. The number of aliphatic carboxylic acids is 1. The van der Waals surface area contributed by atoms with Gasteiger partial charge in [-0.25, -0.2) is 4.79 Å². The number of ether oxygens (including phenoxy) is 2. The SMILES string of the molecule is O=C(O)C1(c2cccc(C(F)(F)F)c2)OCCCO1. The maximum atomic E-state index is 12.6. The molecule has 1 saturated heterocycles. The molecule has 19 heavy (non-hydrogen) atoms. The van der Waals surface area contributed by atoms with Gasteiger partial charge in [-0.1, -0.05) is 12.1 Å². The van der Waals surface area contributed by atoms with Crippen LogP contribution in [0.3, 0.4) is 0 Å². The number of rotatable bonds is 2. The third-order valence-corrected chi connectivity index (χ3v) is 2.75. The number of benzene rings is 1. The van der Waals surface area contributed by atoms with Crippen molar-refractivity contribution in [2.45, 2.75) is 18.4 Å². The topological polar surface area (TPSA) is 55.8 Å². The van der Waals surface area contributed by atoms with Gasteiger partial charge in [0.15, 0.2) is 0 Å². The first-order valence-electron chi connectivity index (χ1n) is 5.55. The predicted molar refractivity (Wildman–Crippen MR) is 57.3 cm³/mol. The average Bonchev–Trinajstić information content (AvgIpc) is 2.38. The number of hydrogen-bond donors (Lipinski definition) is 1. The van der Waals surface area contributed by atoms with Crippen LogP contribution in [0.1, 0.15) is 17.5 Å². The zero-order chi connectivity index (χ0) is 14.1. The van der Waals surface area contributed by atoms with Gasteiger partial charge in [0.25, 0.3) is 5.79 Å². The minimum atomic E-state index is -4.55. The van der Waals surface area contributed by atoms with E-state index in [4.69, 9.17) is 9.47 Å². The lowest BCUT2D eigenvalue weighted by atomic mass is 10.0. The normalized spacial score (nSPS) is 19.1. The predicted octanol–water partition coefficient (Wildman–Crippen LogP) is 2.38. The van der Waals surface area contributed by atoms with Gasteiger partial charge in [-0.05, 0) is 18.6 Å². The van der Waals surface area contributed by atoms with Gasteiger partial charge in [0, 0.05) is 5.56 Å². The Hall–Kier alpha value is -1.60. The molecule has 1 aromatic carbocycles. The highest BCUT2D eigenvalue weighted by atomic mass is 19.4. The van der Waals surface area contributed by atoms with E-state index in [9.17, 15) is 23.1 Å². The molecule has 0 radical (unpaired) electrons. The molecule has 1 fully saturated rings. The molecule has 0 amide bonds. The van der Waals surface area contributed by atoms with Gasteiger partial charge in [-0.3, -0.25) is 0 Å². The van der Waals surface area contributed by atoms with Crippen LogP contribution in [0.25, 0.3) is 0 Å². The minimum absolute atomic E-state index is 0.114. The van der Waals surface area contributed by atoms with Gasteiger partial charge in [0.1, 0.15) is 0 Å². The number of carboxylic acids is 1. The van der Waals surface area contributed by atoms with Crippen LogP contribution >= 0.6 is 0 Å². The second kappa shape index (κ2) is 4.82. The number of hydrogen-bond acceptors (Lipinski definition) is 3. The summed E-state index contributed by atoms with van der Waals surface area (Å²) >= 11 is 0. The van der Waals surface area contributed by atoms with E-state index in [-0.39, 0.29) is 18.8 Å². The van der Waals surface area contributed by atoms with Crippen LogP contribution in [0.2, 0.25) is 0 Å². The smallest absolute Gasteiger partial charge is 0.416 e. The monoisotopic (exact) mass is 276 g/mol. The standard InChI is InChI=1S/C12H11F3O4/c13-12(14,15)9-4-1-3-8(7-9)11(10(16)17)18-5-2-6-19-11/h1,3-4,7H,2,5-6H2,(H,16,17). The molecule has 0 aliphatic carbocycles. The fraction of sp³-hybridized carbons (Fsp3) is 0.417. The zero-order valence-electron chi connectivity index (χ0n) is 9.74. The van der Waals surface area contributed by atoms with E-state index in [1.807, 2.05) is 0 Å². The minimum Gasteiger partial charge on any atom is -0.477 e. The van der Waals surface area contributed by atoms with E-state index in [1.165, 1.54) is 6.07 Å². The van der Waals surface area contributed by atoms with Crippen molar-refractivity contribution in [3.63, 3.8) is 0 Å². The Labute approximate surface area is 106 Å². The number of carboxylic acid groups (broad SMARTS) is 1. The van der Waals surface area contributed by atoms with Crippen molar-refractivity contribution in [2.24, 2.45) is 0 Å². The summed E-state index contributed by atoms with van der Waals surface area (Å²) in [5.74, 6) is -3.62. The lowest BCUT2D eigenvalue weighted by Crippen LogP contribution is -2.45. The maximum Gasteiger partial charge on any atom is 0.416 e. The van der Waals surface area contributed by atoms with Crippen LogP contribution in [-0.4, -0.2) is 24.3 Å². The lowest BCUT2D eigenvalue weighted by Gasteiger charge is -2.33. The molecule has 2 rings (SSSR count). The van der Waals surface area contributed by atoms with E-state index in [0.29, 0.717) is 6.42 Å². The zero-order valence-corrected chi connectivity index (χ0v) is 9.74. The highest BCUT2D eigenvalue weighted by Crippen LogP contribution is 2.35. The molecular weight excluding hydrogens is 265 g/mol. The molecule has 1 heterocycles. The van der Waals surface area contributed by atoms with Gasteiger partial charge in [-0.2, -0.15) is 13.2 Å². The molecule has 1 aromatic rings. The number of halogens is 3. The largest absolute Gasteiger partial charge is 0.477 e. The van der Waals surface area contributed by atoms with Crippen molar-refractivity contribution >= 4 is 5.97 Å². The Morgan fingerprint density at radius 3 is 2.42 bits per heavy atom. The molecule has 1 N–H and O–H groups in total. The highest BCUT2D eigenvalue weighted by Gasteiger charge is 2.46. The van der Waals surface area contributed by atoms with Gasteiger partial charge < -0.3 is 14.6 Å². The first kappa shape index (κ1) is 13.8. The van der Waals surface area contributed by atoms with E-state index in [2.05, 4.69) is 0 Å². The van der Waals surface area contributed by atoms with Gasteiger partial charge in [0.2, 0.25) is 0 Å². The number of alkyl halides is 3. The fourth-order valence-corrected chi connectivity index (χ4v) is 1.85. The second-order valence-corrected chi connectivity index (χ2v) is 4.05. The highest BCUT2D eigenvalue weighted by molar-refractivity contribution is 5.78. The van der Waals surface area contributed by atoms with Crippen molar-refractivity contribution in [1.82, 2.24) is 0 Å². The molecular formula is C12H11F3O4. The van der Waals surface area contributed by atoms with E-state index < -0.39 is 23.5 Å². The molecule has 4 nitrogen and oxygen atoms in total. The number of carbonyl (C=O) groups is 1.